The maximum absolute atomic E-state index is 12.8. The van der Waals surface area contributed by atoms with Gasteiger partial charge in [-0.15, -0.1) is 0 Å². The van der Waals surface area contributed by atoms with Gasteiger partial charge < -0.3 is 10.1 Å². The lowest BCUT2D eigenvalue weighted by Crippen LogP contribution is -2.13. The standard InChI is InChI=1S/C22H17N3O4S/c26-22(27)18(15-7-3-1-4-8-15)13-16-14-24-21-20(16)19(11-12-23-21)25-30(28,29)17-9-5-2-6-10-17/h1-14H,(H,26,27)(H2,23,24,25)/b18-13-. The molecule has 0 fully saturated rings. The molecule has 8 heteroatoms. The maximum atomic E-state index is 12.8. The average molecular weight is 419 g/mol. The van der Waals surface area contributed by atoms with Gasteiger partial charge in [-0.1, -0.05) is 48.5 Å². The molecule has 2 aromatic carbocycles. The lowest BCUT2D eigenvalue weighted by molar-refractivity contribution is -0.130. The number of H-pyrrole nitrogens is 1. The Hall–Kier alpha value is -3.91. The fourth-order valence-electron chi connectivity index (χ4n) is 3.13. The van der Waals surface area contributed by atoms with Crippen LogP contribution in [0.3, 0.4) is 0 Å². The topological polar surface area (TPSA) is 112 Å². The van der Waals surface area contributed by atoms with Crippen LogP contribution in [-0.2, 0) is 14.8 Å². The second kappa shape index (κ2) is 7.84. The molecule has 0 aliphatic heterocycles. The number of hydrogen-bond acceptors (Lipinski definition) is 4. The van der Waals surface area contributed by atoms with Gasteiger partial charge in [0.1, 0.15) is 5.65 Å². The number of carbonyl (C=O) groups is 1. The van der Waals surface area contributed by atoms with E-state index in [0.29, 0.717) is 27.8 Å². The number of aromatic nitrogens is 2. The van der Waals surface area contributed by atoms with Crippen LogP contribution < -0.4 is 4.72 Å². The number of nitrogens with one attached hydrogen (secondary N) is 2. The van der Waals surface area contributed by atoms with Crippen LogP contribution in [0.25, 0.3) is 22.7 Å². The van der Waals surface area contributed by atoms with E-state index in [2.05, 4.69) is 14.7 Å². The highest BCUT2D eigenvalue weighted by Gasteiger charge is 2.18. The van der Waals surface area contributed by atoms with Crippen molar-refractivity contribution >= 4 is 44.4 Å². The van der Waals surface area contributed by atoms with Crippen molar-refractivity contribution in [3.05, 3.63) is 90.3 Å². The first kappa shape index (κ1) is 19.4. The van der Waals surface area contributed by atoms with Crippen molar-refractivity contribution in [2.24, 2.45) is 0 Å². The highest BCUT2D eigenvalue weighted by Crippen LogP contribution is 2.30. The largest absolute Gasteiger partial charge is 0.478 e. The van der Waals surface area contributed by atoms with Gasteiger partial charge >= 0.3 is 5.97 Å². The van der Waals surface area contributed by atoms with Gasteiger partial charge in [0.25, 0.3) is 10.0 Å². The second-order valence-corrected chi connectivity index (χ2v) is 8.16. The molecule has 0 atom stereocenters. The van der Waals surface area contributed by atoms with E-state index in [1.807, 2.05) is 0 Å². The number of aliphatic carboxylic acids is 1. The van der Waals surface area contributed by atoms with Gasteiger partial charge in [0.2, 0.25) is 0 Å². The Morgan fingerprint density at radius 1 is 1.00 bits per heavy atom. The summed E-state index contributed by atoms with van der Waals surface area (Å²) in [6, 6.07) is 18.2. The third-order valence-electron chi connectivity index (χ3n) is 4.52. The minimum Gasteiger partial charge on any atom is -0.478 e. The molecule has 3 N–H and O–H groups in total. The summed E-state index contributed by atoms with van der Waals surface area (Å²) >= 11 is 0. The zero-order valence-corrected chi connectivity index (χ0v) is 16.4. The van der Waals surface area contributed by atoms with Crippen LogP contribution in [0.5, 0.6) is 0 Å². The van der Waals surface area contributed by atoms with Crippen LogP contribution in [-0.4, -0.2) is 29.5 Å². The highest BCUT2D eigenvalue weighted by atomic mass is 32.2. The first-order valence-corrected chi connectivity index (χ1v) is 10.5. The molecule has 30 heavy (non-hydrogen) atoms. The third kappa shape index (κ3) is 3.81. The number of benzene rings is 2. The van der Waals surface area contributed by atoms with Gasteiger partial charge in [0.05, 0.1) is 21.5 Å². The van der Waals surface area contributed by atoms with Crippen LogP contribution in [0.2, 0.25) is 0 Å². The average Bonchev–Trinajstić information content (AvgIpc) is 3.17. The molecule has 4 aromatic rings. The first-order chi connectivity index (χ1) is 14.5. The Morgan fingerprint density at radius 2 is 1.67 bits per heavy atom. The Balaban J connectivity index is 1.83. The van der Waals surface area contributed by atoms with Crippen LogP contribution in [0, 0.1) is 0 Å². The zero-order valence-electron chi connectivity index (χ0n) is 15.6. The van der Waals surface area contributed by atoms with E-state index in [-0.39, 0.29) is 10.5 Å². The first-order valence-electron chi connectivity index (χ1n) is 9.00. The number of hydrogen-bond donors (Lipinski definition) is 3. The molecule has 4 rings (SSSR count). The third-order valence-corrected chi connectivity index (χ3v) is 5.90. The molecule has 0 radical (unpaired) electrons. The van der Waals surface area contributed by atoms with Crippen molar-refractivity contribution in [3.63, 3.8) is 0 Å². The smallest absolute Gasteiger partial charge is 0.336 e. The van der Waals surface area contributed by atoms with Gasteiger partial charge in [-0.05, 0) is 29.8 Å². The van der Waals surface area contributed by atoms with Crippen molar-refractivity contribution in [1.29, 1.82) is 0 Å². The predicted octanol–water partition coefficient (Wildman–Crippen LogP) is 3.99. The quantitative estimate of drug-likeness (QED) is 0.409. The molecule has 0 saturated carbocycles. The van der Waals surface area contributed by atoms with Crippen LogP contribution in [0.4, 0.5) is 5.69 Å². The molecule has 0 aliphatic rings. The summed E-state index contributed by atoms with van der Waals surface area (Å²) in [5.74, 6) is -1.09. The highest BCUT2D eigenvalue weighted by molar-refractivity contribution is 7.92. The molecule has 7 nitrogen and oxygen atoms in total. The van der Waals surface area contributed by atoms with Crippen LogP contribution in [0.15, 0.2) is 84.0 Å². The summed E-state index contributed by atoms with van der Waals surface area (Å²) in [7, 11) is -3.83. The second-order valence-electron chi connectivity index (χ2n) is 6.47. The molecule has 0 aliphatic carbocycles. The molecule has 0 spiro atoms. The fourth-order valence-corrected chi connectivity index (χ4v) is 4.22. The number of carboxylic acids is 1. The maximum Gasteiger partial charge on any atom is 0.336 e. The molecule has 2 aromatic heterocycles. The fraction of sp³-hybridized carbons (Fsp3) is 0. The number of aromatic amines is 1. The Morgan fingerprint density at radius 3 is 2.33 bits per heavy atom. The number of nitrogens with zero attached hydrogens (tertiary/aromatic N) is 1. The van der Waals surface area contributed by atoms with E-state index >= 15 is 0 Å². The Labute approximate surface area is 172 Å². The van der Waals surface area contributed by atoms with Gasteiger partial charge in [-0.25, -0.2) is 18.2 Å². The van der Waals surface area contributed by atoms with Gasteiger partial charge in [0.15, 0.2) is 0 Å². The van der Waals surface area contributed by atoms with E-state index in [1.54, 1.807) is 54.7 Å². The molecule has 2 heterocycles. The van der Waals surface area contributed by atoms with Gasteiger partial charge in [0, 0.05) is 18.0 Å². The number of carboxylic acid groups (broad SMARTS) is 1. The summed E-state index contributed by atoms with van der Waals surface area (Å²) in [6.45, 7) is 0. The zero-order chi connectivity index (χ0) is 21.1. The normalized spacial score (nSPS) is 12.1. The van der Waals surface area contributed by atoms with Crippen molar-refractivity contribution in [2.45, 2.75) is 4.90 Å². The monoisotopic (exact) mass is 419 g/mol. The van der Waals surface area contributed by atoms with E-state index in [4.69, 9.17) is 0 Å². The minimum absolute atomic E-state index is 0.0808. The molecule has 0 saturated heterocycles. The Kier molecular flexibility index (Phi) is 5.07. The molecular weight excluding hydrogens is 402 g/mol. The lowest BCUT2D eigenvalue weighted by Gasteiger charge is -2.10. The van der Waals surface area contributed by atoms with Crippen LogP contribution in [0.1, 0.15) is 11.1 Å². The van der Waals surface area contributed by atoms with Crippen LogP contribution >= 0.6 is 0 Å². The molecule has 0 amide bonds. The predicted molar refractivity (Wildman–Crippen MR) is 115 cm³/mol. The lowest BCUT2D eigenvalue weighted by atomic mass is 10.0. The number of rotatable bonds is 6. The van der Waals surface area contributed by atoms with E-state index in [0.717, 1.165) is 0 Å². The molecular formula is C22H17N3O4S. The SMILES string of the molecule is O=C(O)/C(=C\c1c[nH]c2nccc(NS(=O)(=O)c3ccccc3)c12)c1ccccc1. The number of anilines is 1. The summed E-state index contributed by atoms with van der Waals surface area (Å²) in [5.41, 5.74) is 1.86. The molecule has 0 unspecified atom stereocenters. The van der Waals surface area contributed by atoms with Crippen molar-refractivity contribution in [1.82, 2.24) is 9.97 Å². The summed E-state index contributed by atoms with van der Waals surface area (Å²) < 4.78 is 28.1. The molecule has 0 bridgehead atoms. The van der Waals surface area contributed by atoms with E-state index in [1.165, 1.54) is 30.5 Å². The van der Waals surface area contributed by atoms with Crippen molar-refractivity contribution < 1.29 is 18.3 Å². The van der Waals surface area contributed by atoms with E-state index in [9.17, 15) is 18.3 Å². The molecule has 150 valence electrons. The number of sulfonamides is 1. The van der Waals surface area contributed by atoms with Gasteiger partial charge in [-0.2, -0.15) is 0 Å². The number of fused-ring (bicyclic) bond motifs is 1. The van der Waals surface area contributed by atoms with Gasteiger partial charge in [-0.3, -0.25) is 4.72 Å². The summed E-state index contributed by atoms with van der Waals surface area (Å²) in [4.78, 5) is 19.2. The van der Waals surface area contributed by atoms with Crippen molar-refractivity contribution in [3.8, 4) is 0 Å². The summed E-state index contributed by atoms with van der Waals surface area (Å²) in [5, 5.41) is 10.2. The number of pyridine rings is 1. The summed E-state index contributed by atoms with van der Waals surface area (Å²) in [6.07, 6.45) is 4.58. The minimum atomic E-state index is -3.83. The van der Waals surface area contributed by atoms with E-state index < -0.39 is 16.0 Å². The Bertz CT molecular complexity index is 1350. The van der Waals surface area contributed by atoms with Crippen molar-refractivity contribution in [2.75, 3.05) is 4.72 Å².